The molecular formula is C16H13F6NO2. The molecule has 0 aliphatic carbocycles. The van der Waals surface area contributed by atoms with Gasteiger partial charge in [-0.15, -0.1) is 26.3 Å². The van der Waals surface area contributed by atoms with E-state index in [2.05, 4.69) is 9.47 Å². The summed E-state index contributed by atoms with van der Waals surface area (Å²) in [6.07, 6.45) is -9.74. The molecule has 0 aliphatic heterocycles. The Morgan fingerprint density at radius 2 is 1.08 bits per heavy atom. The second-order valence-corrected chi connectivity index (χ2v) is 5.35. The lowest BCUT2D eigenvalue weighted by atomic mass is 9.85. The van der Waals surface area contributed by atoms with Gasteiger partial charge in [-0.05, 0) is 42.3 Å². The molecule has 0 unspecified atom stereocenters. The maximum Gasteiger partial charge on any atom is 0.573 e. The zero-order valence-corrected chi connectivity index (χ0v) is 12.8. The number of benzene rings is 2. The fraction of sp³-hybridized carbons (Fsp3) is 0.250. The van der Waals surface area contributed by atoms with Crippen molar-refractivity contribution in [3.05, 3.63) is 59.7 Å². The van der Waals surface area contributed by atoms with E-state index in [-0.39, 0.29) is 11.1 Å². The van der Waals surface area contributed by atoms with Crippen LogP contribution in [0.4, 0.5) is 26.3 Å². The molecule has 0 aliphatic rings. The van der Waals surface area contributed by atoms with Gasteiger partial charge < -0.3 is 15.2 Å². The Morgan fingerprint density at radius 1 is 0.720 bits per heavy atom. The molecule has 0 amide bonds. The summed E-state index contributed by atoms with van der Waals surface area (Å²) in [5.74, 6) is -0.964. The van der Waals surface area contributed by atoms with E-state index in [0.29, 0.717) is 0 Å². The summed E-state index contributed by atoms with van der Waals surface area (Å²) >= 11 is 0. The van der Waals surface area contributed by atoms with Crippen molar-refractivity contribution in [1.82, 2.24) is 0 Å². The standard InChI is InChI=1S/C16H13F6NO2/c1-14(23,10-4-2-6-12(8-10)24-15(17,18)19)11-5-3-7-13(9-11)25-16(20,21)22/h2-9H,23H2,1H3. The van der Waals surface area contributed by atoms with E-state index in [1.54, 1.807) is 0 Å². The molecule has 0 heterocycles. The molecule has 3 nitrogen and oxygen atoms in total. The van der Waals surface area contributed by atoms with Crippen LogP contribution in [0.5, 0.6) is 11.5 Å². The first-order valence-corrected chi connectivity index (χ1v) is 6.88. The topological polar surface area (TPSA) is 44.5 Å². The lowest BCUT2D eigenvalue weighted by molar-refractivity contribution is -0.275. The van der Waals surface area contributed by atoms with Crippen molar-refractivity contribution in [2.45, 2.75) is 25.2 Å². The fourth-order valence-electron chi connectivity index (χ4n) is 2.20. The minimum absolute atomic E-state index is 0.221. The smallest absolute Gasteiger partial charge is 0.406 e. The third kappa shape index (κ3) is 5.28. The van der Waals surface area contributed by atoms with Gasteiger partial charge in [0.1, 0.15) is 11.5 Å². The van der Waals surface area contributed by atoms with Crippen molar-refractivity contribution >= 4 is 0 Å². The highest BCUT2D eigenvalue weighted by Gasteiger charge is 2.33. The highest BCUT2D eigenvalue weighted by atomic mass is 19.4. The summed E-state index contributed by atoms with van der Waals surface area (Å²) in [7, 11) is 0. The maximum absolute atomic E-state index is 12.3. The van der Waals surface area contributed by atoms with Crippen LogP contribution in [0.15, 0.2) is 48.5 Å². The number of rotatable bonds is 4. The van der Waals surface area contributed by atoms with Crippen LogP contribution in [0.25, 0.3) is 0 Å². The fourth-order valence-corrected chi connectivity index (χ4v) is 2.20. The monoisotopic (exact) mass is 365 g/mol. The first-order chi connectivity index (χ1) is 11.4. The second kappa shape index (κ2) is 6.47. The Bertz CT molecular complexity index is 678. The van der Waals surface area contributed by atoms with Gasteiger partial charge in [-0.1, -0.05) is 24.3 Å². The summed E-state index contributed by atoms with van der Waals surface area (Å²) in [5.41, 5.74) is 5.21. The van der Waals surface area contributed by atoms with Gasteiger partial charge in [-0.3, -0.25) is 0 Å². The van der Waals surface area contributed by atoms with Gasteiger partial charge in [0.15, 0.2) is 0 Å². The van der Waals surface area contributed by atoms with Crippen molar-refractivity contribution in [3.63, 3.8) is 0 Å². The molecule has 0 atom stereocenters. The third-order valence-electron chi connectivity index (χ3n) is 3.33. The molecule has 0 saturated carbocycles. The first kappa shape index (κ1) is 18.9. The molecule has 0 saturated heterocycles. The molecule has 0 aromatic heterocycles. The van der Waals surface area contributed by atoms with E-state index >= 15 is 0 Å². The average Bonchev–Trinajstić information content (AvgIpc) is 2.44. The Labute approximate surface area is 139 Å². The summed E-state index contributed by atoms with van der Waals surface area (Å²) < 4.78 is 81.6. The normalized spacial score (nSPS) is 12.8. The van der Waals surface area contributed by atoms with Crippen molar-refractivity contribution in [1.29, 1.82) is 0 Å². The van der Waals surface area contributed by atoms with Gasteiger partial charge in [-0.25, -0.2) is 0 Å². The predicted molar refractivity (Wildman–Crippen MR) is 76.9 cm³/mol. The Balaban J connectivity index is 2.35. The molecule has 2 rings (SSSR count). The van der Waals surface area contributed by atoms with Crippen LogP contribution in [0, 0.1) is 0 Å². The minimum atomic E-state index is -4.87. The molecule has 136 valence electrons. The molecule has 0 spiro atoms. The number of hydrogen-bond donors (Lipinski definition) is 1. The molecule has 2 aromatic carbocycles. The van der Waals surface area contributed by atoms with Gasteiger partial charge >= 0.3 is 12.7 Å². The second-order valence-electron chi connectivity index (χ2n) is 5.35. The molecular weight excluding hydrogens is 352 g/mol. The van der Waals surface area contributed by atoms with Crippen LogP contribution in [-0.4, -0.2) is 12.7 Å². The Kier molecular flexibility index (Phi) is 4.90. The number of hydrogen-bond acceptors (Lipinski definition) is 3. The van der Waals surface area contributed by atoms with E-state index in [1.165, 1.54) is 31.2 Å². The lowest BCUT2D eigenvalue weighted by Crippen LogP contribution is -2.34. The van der Waals surface area contributed by atoms with E-state index in [4.69, 9.17) is 5.73 Å². The van der Waals surface area contributed by atoms with Crippen LogP contribution in [-0.2, 0) is 5.54 Å². The van der Waals surface area contributed by atoms with Crippen LogP contribution in [0.1, 0.15) is 18.1 Å². The zero-order valence-electron chi connectivity index (χ0n) is 12.8. The first-order valence-electron chi connectivity index (χ1n) is 6.88. The van der Waals surface area contributed by atoms with Crippen molar-refractivity contribution < 1.29 is 35.8 Å². The van der Waals surface area contributed by atoms with Crippen molar-refractivity contribution in [2.75, 3.05) is 0 Å². The Hall–Kier alpha value is -2.42. The van der Waals surface area contributed by atoms with Crippen LogP contribution >= 0.6 is 0 Å². The molecule has 9 heteroatoms. The van der Waals surface area contributed by atoms with E-state index in [0.717, 1.165) is 24.3 Å². The average molecular weight is 365 g/mol. The van der Waals surface area contributed by atoms with E-state index in [1.807, 2.05) is 0 Å². The molecule has 2 N–H and O–H groups in total. The van der Waals surface area contributed by atoms with Crippen LogP contribution < -0.4 is 15.2 Å². The van der Waals surface area contributed by atoms with Gasteiger partial charge in [0, 0.05) is 0 Å². The molecule has 25 heavy (non-hydrogen) atoms. The maximum atomic E-state index is 12.3. The van der Waals surface area contributed by atoms with Gasteiger partial charge in [-0.2, -0.15) is 0 Å². The van der Waals surface area contributed by atoms with Gasteiger partial charge in [0.25, 0.3) is 0 Å². The minimum Gasteiger partial charge on any atom is -0.406 e. The molecule has 0 fully saturated rings. The summed E-state index contributed by atoms with van der Waals surface area (Å²) in [4.78, 5) is 0. The highest BCUT2D eigenvalue weighted by molar-refractivity contribution is 5.43. The lowest BCUT2D eigenvalue weighted by Gasteiger charge is -2.27. The predicted octanol–water partition coefficient (Wildman–Crippen LogP) is 4.71. The molecule has 2 aromatic rings. The zero-order chi connectivity index (χ0) is 18.9. The number of ether oxygens (including phenoxy) is 2. The van der Waals surface area contributed by atoms with Gasteiger partial charge in [0.2, 0.25) is 0 Å². The van der Waals surface area contributed by atoms with Gasteiger partial charge in [0.05, 0.1) is 5.54 Å². The number of nitrogens with two attached hydrogens (primary N) is 1. The Morgan fingerprint density at radius 3 is 1.40 bits per heavy atom. The molecule has 0 bridgehead atoms. The SMILES string of the molecule is CC(N)(c1cccc(OC(F)(F)F)c1)c1cccc(OC(F)(F)F)c1. The number of alkyl halides is 6. The highest BCUT2D eigenvalue weighted by Crippen LogP contribution is 2.33. The summed E-state index contributed by atoms with van der Waals surface area (Å²) in [6, 6.07) is 9.83. The quantitative estimate of drug-likeness (QED) is 0.799. The summed E-state index contributed by atoms with van der Waals surface area (Å²) in [5, 5.41) is 0. The third-order valence-corrected chi connectivity index (χ3v) is 3.33. The van der Waals surface area contributed by atoms with Crippen LogP contribution in [0.3, 0.4) is 0 Å². The van der Waals surface area contributed by atoms with Crippen molar-refractivity contribution in [2.24, 2.45) is 5.73 Å². The molecule has 0 radical (unpaired) electrons. The van der Waals surface area contributed by atoms with E-state index < -0.39 is 29.8 Å². The number of halogens is 6. The largest absolute Gasteiger partial charge is 0.573 e. The summed E-state index contributed by atoms with van der Waals surface area (Å²) in [6.45, 7) is 1.45. The van der Waals surface area contributed by atoms with E-state index in [9.17, 15) is 26.3 Å². The van der Waals surface area contributed by atoms with Crippen molar-refractivity contribution in [3.8, 4) is 11.5 Å². The van der Waals surface area contributed by atoms with Crippen LogP contribution in [0.2, 0.25) is 0 Å².